The molecule has 1 nitrogen and oxygen atoms in total. The van der Waals surface area contributed by atoms with Gasteiger partial charge < -0.3 is 5.73 Å². The van der Waals surface area contributed by atoms with Gasteiger partial charge in [0.2, 0.25) is 0 Å². The van der Waals surface area contributed by atoms with E-state index in [-0.39, 0.29) is 0 Å². The second kappa shape index (κ2) is 1.89. The molecule has 2 saturated carbocycles. The fourth-order valence-electron chi connectivity index (χ4n) is 3.52. The molecule has 0 aromatic rings. The Hall–Kier alpha value is -0.300. The van der Waals surface area contributed by atoms with Gasteiger partial charge in [0.05, 0.1) is 0 Å². The summed E-state index contributed by atoms with van der Waals surface area (Å²) in [6.07, 6.45) is 8.92. The third-order valence-electron chi connectivity index (χ3n) is 3.95. The summed E-state index contributed by atoms with van der Waals surface area (Å²) in [5.74, 6) is 3.78. The van der Waals surface area contributed by atoms with Gasteiger partial charge in [0.15, 0.2) is 0 Å². The van der Waals surface area contributed by atoms with Crippen molar-refractivity contribution in [3.63, 3.8) is 0 Å². The second-order valence-corrected chi connectivity index (χ2v) is 4.51. The standard InChI is InChI=1S/C10H15N/c11-8-4-9-6-1-2-7(3-6)10(9)5-8/h1-2,6-10H,3-5,11H2. The van der Waals surface area contributed by atoms with Gasteiger partial charge in [-0.2, -0.15) is 0 Å². The number of allylic oxidation sites excluding steroid dienone is 2. The molecule has 60 valence electrons. The minimum absolute atomic E-state index is 0.523. The first-order chi connectivity index (χ1) is 5.34. The van der Waals surface area contributed by atoms with Crippen molar-refractivity contribution < 1.29 is 0 Å². The molecule has 0 radical (unpaired) electrons. The molecule has 0 heterocycles. The van der Waals surface area contributed by atoms with E-state index in [4.69, 9.17) is 5.73 Å². The van der Waals surface area contributed by atoms with Crippen molar-refractivity contribution >= 4 is 0 Å². The van der Waals surface area contributed by atoms with Crippen LogP contribution in [0.2, 0.25) is 0 Å². The van der Waals surface area contributed by atoms with Crippen molar-refractivity contribution in [1.29, 1.82) is 0 Å². The van der Waals surface area contributed by atoms with Gasteiger partial charge in [-0.3, -0.25) is 0 Å². The SMILES string of the molecule is NC1CC2C3C=CC(C3)C2C1. The number of hydrogen-bond donors (Lipinski definition) is 1. The monoisotopic (exact) mass is 149 g/mol. The summed E-state index contributed by atoms with van der Waals surface area (Å²) in [5.41, 5.74) is 5.95. The molecule has 3 rings (SSSR count). The Bertz CT molecular complexity index is 189. The molecule has 11 heavy (non-hydrogen) atoms. The van der Waals surface area contributed by atoms with Crippen molar-refractivity contribution in [2.45, 2.75) is 25.3 Å². The molecular formula is C10H15N. The van der Waals surface area contributed by atoms with Gasteiger partial charge in [0, 0.05) is 6.04 Å². The normalized spacial score (nSPS) is 58.8. The van der Waals surface area contributed by atoms with Gasteiger partial charge in [0.1, 0.15) is 0 Å². The van der Waals surface area contributed by atoms with Crippen molar-refractivity contribution in [2.24, 2.45) is 29.4 Å². The average molecular weight is 149 g/mol. The summed E-state index contributed by atoms with van der Waals surface area (Å²) in [7, 11) is 0. The molecule has 1 heteroatoms. The van der Waals surface area contributed by atoms with Crippen LogP contribution in [0.25, 0.3) is 0 Å². The molecule has 2 fully saturated rings. The Labute approximate surface area is 67.7 Å². The Morgan fingerprint density at radius 1 is 0.909 bits per heavy atom. The second-order valence-electron chi connectivity index (χ2n) is 4.51. The third-order valence-corrected chi connectivity index (χ3v) is 3.95. The lowest BCUT2D eigenvalue weighted by Gasteiger charge is -2.18. The van der Waals surface area contributed by atoms with E-state index in [1.165, 1.54) is 19.3 Å². The van der Waals surface area contributed by atoms with E-state index in [1.54, 1.807) is 0 Å². The molecule has 0 amide bonds. The first-order valence-electron chi connectivity index (χ1n) is 4.78. The third kappa shape index (κ3) is 0.698. The molecule has 2 N–H and O–H groups in total. The van der Waals surface area contributed by atoms with Crippen LogP contribution in [0.5, 0.6) is 0 Å². The maximum atomic E-state index is 5.95. The van der Waals surface area contributed by atoms with Gasteiger partial charge in [0.25, 0.3) is 0 Å². The van der Waals surface area contributed by atoms with Crippen LogP contribution >= 0.6 is 0 Å². The quantitative estimate of drug-likeness (QED) is 0.519. The van der Waals surface area contributed by atoms with Gasteiger partial charge in [-0.05, 0) is 42.9 Å². The molecule has 0 aromatic heterocycles. The largest absolute Gasteiger partial charge is 0.328 e. The Morgan fingerprint density at radius 3 is 2.00 bits per heavy atom. The van der Waals surface area contributed by atoms with Gasteiger partial charge in [-0.15, -0.1) is 0 Å². The Morgan fingerprint density at radius 2 is 1.45 bits per heavy atom. The number of fused-ring (bicyclic) bond motifs is 5. The summed E-state index contributed by atoms with van der Waals surface area (Å²) in [5, 5.41) is 0. The van der Waals surface area contributed by atoms with Gasteiger partial charge in [-0.1, -0.05) is 12.2 Å². The van der Waals surface area contributed by atoms with Crippen LogP contribution in [0.15, 0.2) is 12.2 Å². The van der Waals surface area contributed by atoms with E-state index < -0.39 is 0 Å². The summed E-state index contributed by atoms with van der Waals surface area (Å²) in [6.45, 7) is 0. The summed E-state index contributed by atoms with van der Waals surface area (Å²) < 4.78 is 0. The predicted molar refractivity (Wildman–Crippen MR) is 44.9 cm³/mol. The average Bonchev–Trinajstić information content (AvgIpc) is 2.53. The maximum Gasteiger partial charge on any atom is 0.00447 e. The molecule has 4 atom stereocenters. The van der Waals surface area contributed by atoms with E-state index in [1.807, 2.05) is 0 Å². The lowest BCUT2D eigenvalue weighted by atomic mass is 9.86. The van der Waals surface area contributed by atoms with Crippen molar-refractivity contribution in [1.82, 2.24) is 0 Å². The van der Waals surface area contributed by atoms with Crippen LogP contribution in [0, 0.1) is 23.7 Å². The number of rotatable bonds is 0. The highest BCUT2D eigenvalue weighted by atomic mass is 14.7. The highest BCUT2D eigenvalue weighted by Crippen LogP contribution is 2.54. The number of hydrogen-bond acceptors (Lipinski definition) is 1. The first-order valence-corrected chi connectivity index (χ1v) is 4.78. The van der Waals surface area contributed by atoms with E-state index in [0.717, 1.165) is 23.7 Å². The zero-order valence-electron chi connectivity index (χ0n) is 6.74. The van der Waals surface area contributed by atoms with E-state index in [0.29, 0.717) is 6.04 Å². The molecule has 0 aliphatic heterocycles. The molecule has 2 bridgehead atoms. The van der Waals surface area contributed by atoms with Crippen molar-refractivity contribution in [3.8, 4) is 0 Å². The smallest absolute Gasteiger partial charge is 0.00447 e. The van der Waals surface area contributed by atoms with Crippen LogP contribution in [-0.2, 0) is 0 Å². The molecule has 3 aliphatic rings. The summed E-state index contributed by atoms with van der Waals surface area (Å²) in [4.78, 5) is 0. The molecule has 0 aromatic carbocycles. The lowest BCUT2D eigenvalue weighted by Crippen LogP contribution is -2.16. The van der Waals surface area contributed by atoms with E-state index in [9.17, 15) is 0 Å². The lowest BCUT2D eigenvalue weighted by molar-refractivity contribution is 0.364. The Balaban J connectivity index is 1.92. The highest BCUT2D eigenvalue weighted by Gasteiger charge is 2.48. The van der Waals surface area contributed by atoms with Crippen LogP contribution in [0.4, 0.5) is 0 Å². The first kappa shape index (κ1) is 6.24. The van der Waals surface area contributed by atoms with Crippen LogP contribution in [-0.4, -0.2) is 6.04 Å². The van der Waals surface area contributed by atoms with Crippen molar-refractivity contribution in [2.75, 3.05) is 0 Å². The summed E-state index contributed by atoms with van der Waals surface area (Å²) in [6, 6.07) is 0.523. The maximum absolute atomic E-state index is 5.95. The van der Waals surface area contributed by atoms with Crippen LogP contribution < -0.4 is 5.73 Å². The topological polar surface area (TPSA) is 26.0 Å². The van der Waals surface area contributed by atoms with E-state index >= 15 is 0 Å². The highest BCUT2D eigenvalue weighted by molar-refractivity contribution is 5.16. The fourth-order valence-corrected chi connectivity index (χ4v) is 3.52. The molecule has 3 aliphatic carbocycles. The van der Waals surface area contributed by atoms with Crippen LogP contribution in [0.3, 0.4) is 0 Å². The molecular weight excluding hydrogens is 134 g/mol. The van der Waals surface area contributed by atoms with Gasteiger partial charge in [-0.25, -0.2) is 0 Å². The van der Waals surface area contributed by atoms with Gasteiger partial charge >= 0.3 is 0 Å². The zero-order chi connectivity index (χ0) is 7.42. The van der Waals surface area contributed by atoms with E-state index in [2.05, 4.69) is 12.2 Å². The fraction of sp³-hybridized carbons (Fsp3) is 0.800. The van der Waals surface area contributed by atoms with Crippen molar-refractivity contribution in [3.05, 3.63) is 12.2 Å². The summed E-state index contributed by atoms with van der Waals surface area (Å²) >= 11 is 0. The molecule has 4 unspecified atom stereocenters. The molecule has 0 spiro atoms. The minimum atomic E-state index is 0.523. The minimum Gasteiger partial charge on any atom is -0.328 e. The predicted octanol–water partition coefficient (Wildman–Crippen LogP) is 1.55. The van der Waals surface area contributed by atoms with Crippen LogP contribution in [0.1, 0.15) is 19.3 Å². The number of nitrogens with two attached hydrogens (primary N) is 1. The Kier molecular flexibility index (Phi) is 1.07. The molecule has 0 saturated heterocycles. The zero-order valence-corrected chi connectivity index (χ0v) is 6.74.